The van der Waals surface area contributed by atoms with Gasteiger partial charge in [0.1, 0.15) is 6.61 Å². The van der Waals surface area contributed by atoms with Gasteiger partial charge in [0, 0.05) is 6.07 Å². The Hall–Kier alpha value is -2.06. The lowest BCUT2D eigenvalue weighted by Gasteiger charge is -2.10. The van der Waals surface area contributed by atoms with E-state index in [9.17, 15) is 17.6 Å². The third-order valence-corrected chi connectivity index (χ3v) is 2.73. The highest BCUT2D eigenvalue weighted by Gasteiger charge is 2.20. The van der Waals surface area contributed by atoms with Crippen LogP contribution < -0.4 is 10.2 Å². The van der Waals surface area contributed by atoms with E-state index < -0.39 is 36.1 Å². The molecule has 0 aliphatic heterocycles. The summed E-state index contributed by atoms with van der Waals surface area (Å²) in [6.07, 6.45) is 0. The molecule has 0 spiro atoms. The van der Waals surface area contributed by atoms with Crippen molar-refractivity contribution >= 4 is 12.6 Å². The first-order chi connectivity index (χ1) is 9.90. The molecular weight excluding hydrogens is 291 g/mol. The molecule has 0 amide bonds. The van der Waals surface area contributed by atoms with E-state index in [0.717, 1.165) is 0 Å². The standard InChI is InChI=1S/C13H9BF4O3/c15-9-5-10(16)12(18)13(11(9)17)21-6-7-1-3-8(4-2-7)14(19)20/h1-5,19-20H,6H2. The summed E-state index contributed by atoms with van der Waals surface area (Å²) in [6, 6.07) is 5.65. The van der Waals surface area contributed by atoms with Crippen LogP contribution in [0.3, 0.4) is 0 Å². The average Bonchev–Trinajstić information content (AvgIpc) is 2.45. The number of halogens is 4. The van der Waals surface area contributed by atoms with Gasteiger partial charge in [-0.15, -0.1) is 0 Å². The molecule has 3 nitrogen and oxygen atoms in total. The smallest absolute Gasteiger partial charge is 0.483 e. The molecule has 2 aromatic carbocycles. The summed E-state index contributed by atoms with van der Waals surface area (Å²) in [4.78, 5) is 0. The topological polar surface area (TPSA) is 49.7 Å². The van der Waals surface area contributed by atoms with Crippen LogP contribution in [-0.4, -0.2) is 17.2 Å². The molecule has 0 bridgehead atoms. The SMILES string of the molecule is OB(O)c1ccc(COc2c(F)c(F)cc(F)c2F)cc1. The molecule has 2 aromatic rings. The van der Waals surface area contributed by atoms with Gasteiger partial charge in [0.15, 0.2) is 17.4 Å². The molecule has 0 aromatic heterocycles. The molecule has 0 radical (unpaired) electrons. The summed E-state index contributed by atoms with van der Waals surface area (Å²) in [7, 11) is -1.65. The van der Waals surface area contributed by atoms with Gasteiger partial charge in [-0.05, 0) is 11.0 Å². The molecule has 0 saturated carbocycles. The van der Waals surface area contributed by atoms with Crippen LogP contribution in [0.25, 0.3) is 0 Å². The molecule has 2 N–H and O–H groups in total. The van der Waals surface area contributed by atoms with E-state index in [-0.39, 0.29) is 18.1 Å². The van der Waals surface area contributed by atoms with Crippen LogP contribution in [-0.2, 0) is 6.61 Å². The lowest BCUT2D eigenvalue weighted by Crippen LogP contribution is -2.29. The fourth-order valence-electron chi connectivity index (χ4n) is 1.62. The Morgan fingerprint density at radius 2 is 1.43 bits per heavy atom. The van der Waals surface area contributed by atoms with Crippen molar-refractivity contribution in [3.8, 4) is 5.75 Å². The molecule has 2 rings (SSSR count). The number of ether oxygens (including phenoxy) is 1. The van der Waals surface area contributed by atoms with Gasteiger partial charge in [-0.2, -0.15) is 8.78 Å². The minimum absolute atomic E-state index is 0.0922. The monoisotopic (exact) mass is 300 g/mol. The number of hydrogen-bond acceptors (Lipinski definition) is 3. The lowest BCUT2D eigenvalue weighted by molar-refractivity contribution is 0.261. The first-order valence-electron chi connectivity index (χ1n) is 5.81. The second kappa shape index (κ2) is 6.15. The minimum Gasteiger partial charge on any atom is -0.483 e. The zero-order valence-corrected chi connectivity index (χ0v) is 10.5. The van der Waals surface area contributed by atoms with Crippen LogP contribution in [0.15, 0.2) is 30.3 Å². The molecule has 0 atom stereocenters. The van der Waals surface area contributed by atoms with E-state index in [4.69, 9.17) is 14.8 Å². The number of rotatable bonds is 4. The van der Waals surface area contributed by atoms with Crippen molar-refractivity contribution in [1.29, 1.82) is 0 Å². The summed E-state index contributed by atoms with van der Waals surface area (Å²) in [5.74, 6) is -7.48. The summed E-state index contributed by atoms with van der Waals surface area (Å²) < 4.78 is 57.4. The minimum atomic E-state index is -1.65. The summed E-state index contributed by atoms with van der Waals surface area (Å²) in [6.45, 7) is -0.349. The van der Waals surface area contributed by atoms with Gasteiger partial charge in [-0.25, -0.2) is 8.78 Å². The molecule has 8 heteroatoms. The molecule has 0 saturated heterocycles. The maximum absolute atomic E-state index is 13.3. The molecule has 0 aliphatic carbocycles. The average molecular weight is 300 g/mol. The zero-order valence-electron chi connectivity index (χ0n) is 10.5. The largest absolute Gasteiger partial charge is 0.488 e. The third-order valence-electron chi connectivity index (χ3n) is 2.73. The Labute approximate surface area is 117 Å². The lowest BCUT2D eigenvalue weighted by atomic mass is 9.80. The Morgan fingerprint density at radius 1 is 0.905 bits per heavy atom. The highest BCUT2D eigenvalue weighted by Crippen LogP contribution is 2.27. The van der Waals surface area contributed by atoms with Gasteiger partial charge in [0.25, 0.3) is 0 Å². The van der Waals surface area contributed by atoms with Crippen molar-refractivity contribution in [3.05, 3.63) is 59.2 Å². The first-order valence-corrected chi connectivity index (χ1v) is 5.81. The van der Waals surface area contributed by atoms with Crippen LogP contribution in [0.5, 0.6) is 5.75 Å². The summed E-state index contributed by atoms with van der Waals surface area (Å²) >= 11 is 0. The van der Waals surface area contributed by atoms with E-state index in [0.29, 0.717) is 5.56 Å². The predicted octanol–water partition coefficient (Wildman–Crippen LogP) is 1.50. The van der Waals surface area contributed by atoms with Gasteiger partial charge in [-0.1, -0.05) is 24.3 Å². The highest BCUT2D eigenvalue weighted by atomic mass is 19.2. The van der Waals surface area contributed by atoms with E-state index in [1.165, 1.54) is 24.3 Å². The Morgan fingerprint density at radius 3 is 1.90 bits per heavy atom. The van der Waals surface area contributed by atoms with Crippen molar-refractivity contribution in [1.82, 2.24) is 0 Å². The molecule has 0 unspecified atom stereocenters. The van der Waals surface area contributed by atoms with Gasteiger partial charge in [-0.3, -0.25) is 0 Å². The van der Waals surface area contributed by atoms with Crippen LogP contribution in [0.1, 0.15) is 5.56 Å². The van der Waals surface area contributed by atoms with Gasteiger partial charge in [0.05, 0.1) is 0 Å². The van der Waals surface area contributed by atoms with Crippen molar-refractivity contribution in [2.24, 2.45) is 0 Å². The molecule has 110 valence electrons. The van der Waals surface area contributed by atoms with Crippen molar-refractivity contribution < 1.29 is 32.3 Å². The third kappa shape index (κ3) is 3.34. The van der Waals surface area contributed by atoms with Crippen molar-refractivity contribution in [2.75, 3.05) is 0 Å². The second-order valence-corrected chi connectivity index (χ2v) is 4.20. The molecule has 0 fully saturated rings. The van der Waals surface area contributed by atoms with E-state index in [1.807, 2.05) is 0 Å². The van der Waals surface area contributed by atoms with Crippen molar-refractivity contribution in [3.63, 3.8) is 0 Å². The number of hydrogen-bond donors (Lipinski definition) is 2. The van der Waals surface area contributed by atoms with E-state index >= 15 is 0 Å². The van der Waals surface area contributed by atoms with Crippen LogP contribution >= 0.6 is 0 Å². The molecular formula is C13H9BF4O3. The molecule has 21 heavy (non-hydrogen) atoms. The second-order valence-electron chi connectivity index (χ2n) is 4.20. The first kappa shape index (κ1) is 15.3. The number of benzene rings is 2. The fourth-order valence-corrected chi connectivity index (χ4v) is 1.62. The van der Waals surface area contributed by atoms with E-state index in [1.54, 1.807) is 0 Å². The van der Waals surface area contributed by atoms with E-state index in [2.05, 4.69) is 0 Å². The molecule has 0 aliphatic rings. The maximum Gasteiger partial charge on any atom is 0.488 e. The maximum atomic E-state index is 13.3. The zero-order chi connectivity index (χ0) is 15.6. The predicted molar refractivity (Wildman–Crippen MR) is 66.9 cm³/mol. The Kier molecular flexibility index (Phi) is 4.49. The van der Waals surface area contributed by atoms with Crippen LogP contribution in [0, 0.1) is 23.3 Å². The summed E-state index contributed by atoms with van der Waals surface area (Å²) in [5.41, 5.74) is 0.635. The summed E-state index contributed by atoms with van der Waals surface area (Å²) in [5, 5.41) is 17.8. The van der Waals surface area contributed by atoms with Gasteiger partial charge in [0.2, 0.25) is 11.6 Å². The van der Waals surface area contributed by atoms with Crippen molar-refractivity contribution in [2.45, 2.75) is 6.61 Å². The van der Waals surface area contributed by atoms with Gasteiger partial charge < -0.3 is 14.8 Å². The normalized spacial score (nSPS) is 10.6. The van der Waals surface area contributed by atoms with Crippen LogP contribution in [0.4, 0.5) is 17.6 Å². The fraction of sp³-hybridized carbons (Fsp3) is 0.0769. The van der Waals surface area contributed by atoms with Gasteiger partial charge >= 0.3 is 7.12 Å². The highest BCUT2D eigenvalue weighted by molar-refractivity contribution is 6.58. The molecule has 0 heterocycles. The Bertz CT molecular complexity index is 621. The quantitative estimate of drug-likeness (QED) is 0.511. The van der Waals surface area contributed by atoms with Crippen LogP contribution in [0.2, 0.25) is 0 Å². The Balaban J connectivity index is 2.17.